The molecule has 0 saturated heterocycles. The van der Waals surface area contributed by atoms with Crippen molar-refractivity contribution in [3.05, 3.63) is 46.7 Å². The van der Waals surface area contributed by atoms with Gasteiger partial charge in [0.2, 0.25) is 0 Å². The van der Waals surface area contributed by atoms with Crippen molar-refractivity contribution in [3.8, 4) is 19.5 Å². The molecule has 0 radical (unpaired) electrons. The van der Waals surface area contributed by atoms with Crippen molar-refractivity contribution in [1.29, 1.82) is 0 Å². The van der Waals surface area contributed by atoms with Gasteiger partial charge in [-0.15, -0.1) is 34.0 Å². The molecule has 92 valence electrons. The highest BCUT2D eigenvalue weighted by molar-refractivity contribution is 7.25. The molecule has 0 bridgehead atoms. The van der Waals surface area contributed by atoms with Gasteiger partial charge >= 0.3 is 0 Å². The Morgan fingerprint density at radius 3 is 2.28 bits per heavy atom. The largest absolute Gasteiger partial charge is 0.330 e. The lowest BCUT2D eigenvalue weighted by Gasteiger charge is -1.98. The molecular weight excluding hydrogens is 278 g/mol. The topological polar surface area (TPSA) is 26.0 Å². The predicted molar refractivity (Wildman–Crippen MR) is 83.7 cm³/mol. The standard InChI is InChI=1S/C14H13NS3/c15-6-5-10-9-13(11-3-1-7-16-11)18-14(10)12-4-2-8-17-12/h1-4,7-9H,5-6,15H2. The molecule has 2 N–H and O–H groups in total. The smallest absolute Gasteiger partial charge is 0.0481 e. The molecule has 0 saturated carbocycles. The highest BCUT2D eigenvalue weighted by atomic mass is 32.1. The number of thiophene rings is 3. The minimum atomic E-state index is 0.707. The van der Waals surface area contributed by atoms with Crippen molar-refractivity contribution < 1.29 is 0 Å². The summed E-state index contributed by atoms with van der Waals surface area (Å²) >= 11 is 5.48. The third kappa shape index (κ3) is 2.29. The van der Waals surface area contributed by atoms with Gasteiger partial charge in [0.1, 0.15) is 0 Å². The summed E-state index contributed by atoms with van der Waals surface area (Å²) in [6.45, 7) is 0.707. The maximum Gasteiger partial charge on any atom is 0.0481 e. The lowest BCUT2D eigenvalue weighted by atomic mass is 10.1. The molecule has 3 heterocycles. The summed E-state index contributed by atoms with van der Waals surface area (Å²) in [5, 5.41) is 4.26. The predicted octanol–water partition coefficient (Wildman–Crippen LogP) is 4.71. The molecule has 0 aliphatic heterocycles. The van der Waals surface area contributed by atoms with Crippen LogP contribution in [0.4, 0.5) is 0 Å². The summed E-state index contributed by atoms with van der Waals surface area (Å²) in [5.74, 6) is 0. The number of hydrogen-bond acceptors (Lipinski definition) is 4. The van der Waals surface area contributed by atoms with E-state index in [1.54, 1.807) is 22.7 Å². The van der Waals surface area contributed by atoms with Crippen molar-refractivity contribution in [2.75, 3.05) is 6.54 Å². The van der Waals surface area contributed by atoms with Crippen LogP contribution in [0.3, 0.4) is 0 Å². The second-order valence-electron chi connectivity index (χ2n) is 3.96. The van der Waals surface area contributed by atoms with Crippen LogP contribution in [0, 0.1) is 0 Å². The van der Waals surface area contributed by atoms with E-state index in [1.807, 2.05) is 11.3 Å². The van der Waals surface area contributed by atoms with E-state index in [2.05, 4.69) is 41.1 Å². The van der Waals surface area contributed by atoms with Gasteiger partial charge in [0, 0.05) is 19.5 Å². The molecule has 4 heteroatoms. The van der Waals surface area contributed by atoms with Crippen LogP contribution in [0.5, 0.6) is 0 Å². The van der Waals surface area contributed by atoms with E-state index in [1.165, 1.54) is 25.1 Å². The zero-order valence-corrected chi connectivity index (χ0v) is 12.2. The van der Waals surface area contributed by atoms with Gasteiger partial charge in [-0.25, -0.2) is 0 Å². The van der Waals surface area contributed by atoms with Crippen molar-refractivity contribution in [3.63, 3.8) is 0 Å². The van der Waals surface area contributed by atoms with E-state index in [0.717, 1.165) is 6.42 Å². The summed E-state index contributed by atoms with van der Waals surface area (Å²) in [6.07, 6.45) is 0.953. The highest BCUT2D eigenvalue weighted by Gasteiger charge is 2.12. The number of nitrogens with two attached hydrogens (primary N) is 1. The minimum Gasteiger partial charge on any atom is -0.330 e. The quantitative estimate of drug-likeness (QED) is 0.740. The van der Waals surface area contributed by atoms with Gasteiger partial charge in [-0.1, -0.05) is 12.1 Å². The second-order valence-corrected chi connectivity index (χ2v) is 6.91. The van der Waals surface area contributed by atoms with Gasteiger partial charge in [0.25, 0.3) is 0 Å². The number of hydrogen-bond donors (Lipinski definition) is 1. The van der Waals surface area contributed by atoms with Crippen LogP contribution in [0.1, 0.15) is 5.56 Å². The molecule has 3 aromatic rings. The van der Waals surface area contributed by atoms with Crippen molar-refractivity contribution in [1.82, 2.24) is 0 Å². The average molecular weight is 291 g/mol. The molecule has 0 unspecified atom stereocenters. The van der Waals surface area contributed by atoms with Gasteiger partial charge in [-0.05, 0) is 47.5 Å². The lowest BCUT2D eigenvalue weighted by molar-refractivity contribution is 0.976. The average Bonchev–Trinajstić information content (AvgIpc) is 3.11. The molecular formula is C14H13NS3. The first-order valence-electron chi connectivity index (χ1n) is 5.79. The van der Waals surface area contributed by atoms with E-state index in [4.69, 9.17) is 5.73 Å². The van der Waals surface area contributed by atoms with Gasteiger partial charge in [-0.2, -0.15) is 0 Å². The van der Waals surface area contributed by atoms with Crippen LogP contribution < -0.4 is 5.73 Å². The highest BCUT2D eigenvalue weighted by Crippen LogP contribution is 2.41. The molecule has 0 aromatic carbocycles. The van der Waals surface area contributed by atoms with Gasteiger partial charge in [0.15, 0.2) is 0 Å². The lowest BCUT2D eigenvalue weighted by Crippen LogP contribution is -2.02. The van der Waals surface area contributed by atoms with Crippen molar-refractivity contribution >= 4 is 34.0 Å². The van der Waals surface area contributed by atoms with Gasteiger partial charge in [-0.3, -0.25) is 0 Å². The second kappa shape index (κ2) is 5.36. The third-order valence-electron chi connectivity index (χ3n) is 2.73. The Kier molecular flexibility index (Phi) is 3.61. The van der Waals surface area contributed by atoms with E-state index in [-0.39, 0.29) is 0 Å². The first-order chi connectivity index (χ1) is 8.88. The molecule has 0 fully saturated rings. The van der Waals surface area contributed by atoms with Crippen LogP contribution in [0.2, 0.25) is 0 Å². The fourth-order valence-electron chi connectivity index (χ4n) is 1.93. The zero-order chi connectivity index (χ0) is 12.4. The third-order valence-corrected chi connectivity index (χ3v) is 6.02. The molecule has 3 aromatic heterocycles. The molecule has 18 heavy (non-hydrogen) atoms. The first-order valence-corrected chi connectivity index (χ1v) is 8.36. The maximum absolute atomic E-state index is 5.72. The van der Waals surface area contributed by atoms with Crippen LogP contribution >= 0.6 is 34.0 Å². The summed E-state index contributed by atoms with van der Waals surface area (Å²) in [5.41, 5.74) is 7.10. The van der Waals surface area contributed by atoms with E-state index in [9.17, 15) is 0 Å². The van der Waals surface area contributed by atoms with Crippen LogP contribution in [0.25, 0.3) is 19.5 Å². The maximum atomic E-state index is 5.72. The fraction of sp³-hybridized carbons (Fsp3) is 0.143. The van der Waals surface area contributed by atoms with Crippen LogP contribution in [-0.2, 0) is 6.42 Å². The Hall–Kier alpha value is -0.940. The van der Waals surface area contributed by atoms with Gasteiger partial charge in [0.05, 0.1) is 0 Å². The van der Waals surface area contributed by atoms with Crippen LogP contribution in [-0.4, -0.2) is 6.54 Å². The van der Waals surface area contributed by atoms with Crippen molar-refractivity contribution in [2.45, 2.75) is 6.42 Å². The van der Waals surface area contributed by atoms with E-state index in [0.29, 0.717) is 6.54 Å². The zero-order valence-electron chi connectivity index (χ0n) is 9.76. The summed E-state index contributed by atoms with van der Waals surface area (Å²) < 4.78 is 0. The molecule has 0 aliphatic rings. The van der Waals surface area contributed by atoms with Crippen LogP contribution in [0.15, 0.2) is 41.1 Å². The minimum absolute atomic E-state index is 0.707. The van der Waals surface area contributed by atoms with Gasteiger partial charge < -0.3 is 5.73 Å². The van der Waals surface area contributed by atoms with E-state index >= 15 is 0 Å². The summed E-state index contributed by atoms with van der Waals surface area (Å²) in [4.78, 5) is 5.45. The Labute approximate surface area is 119 Å². The molecule has 1 nitrogen and oxygen atoms in total. The molecule has 0 spiro atoms. The van der Waals surface area contributed by atoms with E-state index < -0.39 is 0 Å². The fourth-order valence-corrected chi connectivity index (χ4v) is 4.85. The molecule has 0 atom stereocenters. The normalized spacial score (nSPS) is 10.9. The Morgan fingerprint density at radius 1 is 0.944 bits per heavy atom. The Morgan fingerprint density at radius 2 is 1.67 bits per heavy atom. The first kappa shape index (κ1) is 12.1. The number of rotatable bonds is 4. The Balaban J connectivity index is 2.07. The Bertz CT molecular complexity index is 606. The summed E-state index contributed by atoms with van der Waals surface area (Å²) in [7, 11) is 0. The molecule has 0 amide bonds. The SMILES string of the molecule is NCCc1cc(-c2cccs2)sc1-c1cccs1. The molecule has 3 rings (SSSR count). The monoisotopic (exact) mass is 291 g/mol. The molecule has 0 aliphatic carbocycles. The summed E-state index contributed by atoms with van der Waals surface area (Å²) in [6, 6.07) is 10.9. The van der Waals surface area contributed by atoms with Crippen molar-refractivity contribution in [2.24, 2.45) is 5.73 Å².